The van der Waals surface area contributed by atoms with Gasteiger partial charge in [0.1, 0.15) is 11.5 Å². The van der Waals surface area contributed by atoms with Gasteiger partial charge in [-0.15, -0.1) is 0 Å². The van der Waals surface area contributed by atoms with Crippen molar-refractivity contribution in [2.45, 2.75) is 31.6 Å². The van der Waals surface area contributed by atoms with Crippen molar-refractivity contribution in [1.82, 2.24) is 19.3 Å². The highest BCUT2D eigenvalue weighted by Gasteiger charge is 2.22. The summed E-state index contributed by atoms with van der Waals surface area (Å²) in [7, 11) is -2.22. The molecule has 0 aliphatic carbocycles. The van der Waals surface area contributed by atoms with Crippen molar-refractivity contribution in [1.29, 1.82) is 0 Å². The van der Waals surface area contributed by atoms with Crippen LogP contribution in [0.5, 0.6) is 0 Å². The number of sulfonamides is 1. The van der Waals surface area contributed by atoms with Crippen LogP contribution in [0, 0.1) is 6.92 Å². The molecule has 0 fully saturated rings. The van der Waals surface area contributed by atoms with Crippen molar-refractivity contribution in [2.24, 2.45) is 0 Å². The Bertz CT molecular complexity index is 1060. The third-order valence-corrected chi connectivity index (χ3v) is 6.40. The Morgan fingerprint density at radius 3 is 2.59 bits per heavy atom. The van der Waals surface area contributed by atoms with Crippen LogP contribution in [0.1, 0.15) is 30.4 Å². The number of aromatic amines is 1. The number of nitrogens with zero attached hydrogens (tertiary/aromatic N) is 3. The Labute approximate surface area is 170 Å². The molecular weight excluding hydrogens is 392 g/mol. The zero-order valence-corrected chi connectivity index (χ0v) is 17.5. The van der Waals surface area contributed by atoms with E-state index in [4.69, 9.17) is 4.74 Å². The molecule has 2 aliphatic heterocycles. The van der Waals surface area contributed by atoms with Gasteiger partial charge in [-0.3, -0.25) is 4.79 Å². The lowest BCUT2D eigenvalue weighted by Crippen LogP contribution is -2.29. The molecule has 1 aromatic carbocycles. The van der Waals surface area contributed by atoms with E-state index in [0.717, 1.165) is 27.0 Å². The van der Waals surface area contributed by atoms with Gasteiger partial charge in [0.15, 0.2) is 0 Å². The van der Waals surface area contributed by atoms with Gasteiger partial charge in [-0.2, -0.15) is 0 Å². The quantitative estimate of drug-likeness (QED) is 0.565. The van der Waals surface area contributed by atoms with E-state index >= 15 is 0 Å². The van der Waals surface area contributed by atoms with E-state index in [1.54, 1.807) is 31.2 Å². The van der Waals surface area contributed by atoms with E-state index in [1.165, 1.54) is 7.05 Å². The Balaban J connectivity index is 1.71. The first-order valence-corrected chi connectivity index (χ1v) is 10.8. The Morgan fingerprint density at radius 1 is 1.17 bits per heavy atom. The first kappa shape index (κ1) is 20.9. The number of pyridine rings is 1. The molecule has 1 aromatic rings. The highest BCUT2D eigenvalue weighted by molar-refractivity contribution is 7.89. The summed E-state index contributed by atoms with van der Waals surface area (Å²) in [6.07, 6.45) is 2.42. The number of rotatable bonds is 8. The second kappa shape index (κ2) is 8.71. The fourth-order valence-electron chi connectivity index (χ4n) is 3.00. The number of hydrogen-bond acceptors (Lipinski definition) is 6. The van der Waals surface area contributed by atoms with Crippen molar-refractivity contribution in [3.05, 3.63) is 53.6 Å². The smallest absolute Gasteiger partial charge is 0.307 e. The van der Waals surface area contributed by atoms with Crippen LogP contribution in [-0.4, -0.2) is 53.8 Å². The van der Waals surface area contributed by atoms with E-state index in [-0.39, 0.29) is 24.5 Å². The summed E-state index contributed by atoms with van der Waals surface area (Å²) in [4.78, 5) is 23.7. The van der Waals surface area contributed by atoms with Crippen molar-refractivity contribution in [3.63, 3.8) is 0 Å². The SMILES string of the molecule is CCOC(=O)CCN(C)S(=O)(=O)c1ccc(Cc2[nH]ccc3nc(C)nc2-3)cc1. The van der Waals surface area contributed by atoms with Gasteiger partial charge in [0.05, 0.1) is 23.6 Å². The molecule has 29 heavy (non-hydrogen) atoms. The average molecular weight is 417 g/mol. The average Bonchev–Trinajstić information content (AvgIpc) is 3.08. The predicted octanol–water partition coefficient (Wildman–Crippen LogP) is 2.38. The Kier molecular flexibility index (Phi) is 6.29. The van der Waals surface area contributed by atoms with E-state index in [9.17, 15) is 13.2 Å². The number of aromatic nitrogens is 3. The zero-order valence-electron chi connectivity index (χ0n) is 16.7. The molecule has 154 valence electrons. The topological polar surface area (TPSA) is 105 Å². The van der Waals surface area contributed by atoms with Crippen molar-refractivity contribution in [3.8, 4) is 11.4 Å². The van der Waals surface area contributed by atoms with Gasteiger partial charge < -0.3 is 9.72 Å². The molecule has 2 heterocycles. The second-order valence-corrected chi connectivity index (χ2v) is 8.71. The predicted molar refractivity (Wildman–Crippen MR) is 108 cm³/mol. The van der Waals surface area contributed by atoms with E-state index in [0.29, 0.717) is 12.2 Å². The standard InChI is InChI=1S/C20H24N4O4S/c1-4-28-19(25)10-12-24(3)29(26,27)16-7-5-15(6-8-16)13-18-20-17(9-11-21-18)22-14(2)23-20/h5-9,11,21H,4,10,12-13H2,1-3H3. The maximum Gasteiger partial charge on any atom is 0.307 e. The highest BCUT2D eigenvalue weighted by atomic mass is 32.2. The van der Waals surface area contributed by atoms with Crippen molar-refractivity contribution in [2.75, 3.05) is 20.2 Å². The van der Waals surface area contributed by atoms with Crippen LogP contribution in [-0.2, 0) is 26.0 Å². The monoisotopic (exact) mass is 416 g/mol. The molecule has 8 nitrogen and oxygen atoms in total. The molecule has 0 saturated heterocycles. The van der Waals surface area contributed by atoms with Crippen molar-refractivity contribution >= 4 is 16.0 Å². The number of carbonyl (C=O) groups is 1. The minimum Gasteiger partial charge on any atom is -0.466 e. The molecule has 0 amide bonds. The van der Waals surface area contributed by atoms with E-state index in [1.807, 2.05) is 19.2 Å². The minimum absolute atomic E-state index is 0.0155. The van der Waals surface area contributed by atoms with Gasteiger partial charge in [-0.1, -0.05) is 12.1 Å². The lowest BCUT2D eigenvalue weighted by Gasteiger charge is -2.17. The van der Waals surface area contributed by atoms with Crippen LogP contribution in [0.15, 0.2) is 41.4 Å². The van der Waals surface area contributed by atoms with Gasteiger partial charge in [0.2, 0.25) is 10.0 Å². The number of imidazole rings is 1. The lowest BCUT2D eigenvalue weighted by molar-refractivity contribution is -0.143. The third kappa shape index (κ3) is 4.80. The van der Waals surface area contributed by atoms with Gasteiger partial charge >= 0.3 is 5.97 Å². The van der Waals surface area contributed by atoms with Crippen LogP contribution in [0.2, 0.25) is 0 Å². The van der Waals surface area contributed by atoms with Gasteiger partial charge in [0, 0.05) is 31.9 Å². The molecule has 3 rings (SSSR count). The minimum atomic E-state index is -3.68. The van der Waals surface area contributed by atoms with Crippen LogP contribution < -0.4 is 0 Å². The summed E-state index contributed by atoms with van der Waals surface area (Å²) in [5, 5.41) is 0. The zero-order chi connectivity index (χ0) is 21.0. The van der Waals surface area contributed by atoms with Gasteiger partial charge in [-0.25, -0.2) is 22.7 Å². The Hall–Kier alpha value is -2.78. The number of carbonyl (C=O) groups excluding carboxylic acids is 1. The molecule has 0 unspecified atom stereocenters. The number of H-pyrrole nitrogens is 1. The first-order valence-electron chi connectivity index (χ1n) is 9.32. The van der Waals surface area contributed by atoms with Crippen molar-refractivity contribution < 1.29 is 17.9 Å². The van der Waals surface area contributed by atoms with Gasteiger partial charge in [-0.05, 0) is 37.6 Å². The maximum atomic E-state index is 12.7. The molecule has 0 atom stereocenters. The fourth-order valence-corrected chi connectivity index (χ4v) is 4.17. The molecule has 9 heteroatoms. The van der Waals surface area contributed by atoms with Crippen LogP contribution in [0.3, 0.4) is 0 Å². The number of fused-ring (bicyclic) bond motifs is 1. The lowest BCUT2D eigenvalue weighted by atomic mass is 10.1. The number of hydrogen-bond donors (Lipinski definition) is 1. The molecule has 2 aliphatic rings. The van der Waals surface area contributed by atoms with Crippen LogP contribution >= 0.6 is 0 Å². The van der Waals surface area contributed by atoms with E-state index in [2.05, 4.69) is 15.0 Å². The molecule has 1 N–H and O–H groups in total. The summed E-state index contributed by atoms with van der Waals surface area (Å²) in [5.41, 5.74) is 3.52. The number of benzene rings is 1. The molecule has 0 aromatic heterocycles. The normalized spacial score (nSPS) is 11.9. The van der Waals surface area contributed by atoms with E-state index < -0.39 is 16.0 Å². The number of ether oxygens (including phenoxy) is 1. The fraction of sp³-hybridized carbons (Fsp3) is 0.350. The summed E-state index contributed by atoms with van der Waals surface area (Å²) < 4.78 is 31.4. The van der Waals surface area contributed by atoms with Crippen LogP contribution in [0.25, 0.3) is 11.4 Å². The maximum absolute atomic E-state index is 12.7. The molecule has 0 bridgehead atoms. The third-order valence-electron chi connectivity index (χ3n) is 4.53. The first-order chi connectivity index (χ1) is 13.8. The number of nitrogens with one attached hydrogen (secondary N) is 1. The Morgan fingerprint density at radius 2 is 1.90 bits per heavy atom. The summed E-state index contributed by atoms with van der Waals surface area (Å²) in [6.45, 7) is 3.90. The molecular formula is C20H24N4O4S. The molecule has 0 spiro atoms. The summed E-state index contributed by atoms with van der Waals surface area (Å²) in [6, 6.07) is 8.59. The molecule has 0 radical (unpaired) electrons. The van der Waals surface area contributed by atoms with Gasteiger partial charge in [0.25, 0.3) is 0 Å². The highest BCUT2D eigenvalue weighted by Crippen LogP contribution is 2.24. The number of aryl methyl sites for hydroxylation is 1. The second-order valence-electron chi connectivity index (χ2n) is 6.66. The summed E-state index contributed by atoms with van der Waals surface area (Å²) in [5.74, 6) is 0.300. The largest absolute Gasteiger partial charge is 0.466 e. The number of esters is 1. The van der Waals surface area contributed by atoms with Crippen LogP contribution in [0.4, 0.5) is 0 Å². The summed E-state index contributed by atoms with van der Waals surface area (Å²) >= 11 is 0. The molecule has 0 saturated carbocycles.